The fraction of sp³-hybridized carbons (Fsp3) is 0.258. The summed E-state index contributed by atoms with van der Waals surface area (Å²) in [6.45, 7) is 8.25. The van der Waals surface area contributed by atoms with E-state index in [-0.39, 0.29) is 18.1 Å². The van der Waals surface area contributed by atoms with Crippen LogP contribution < -0.4 is 19.6 Å². The van der Waals surface area contributed by atoms with Gasteiger partial charge in [-0.25, -0.2) is 9.79 Å². The van der Waals surface area contributed by atoms with Crippen molar-refractivity contribution < 1.29 is 14.3 Å². The number of hydrogen-bond donors (Lipinski definition) is 0. The minimum atomic E-state index is -0.638. The second-order valence-electron chi connectivity index (χ2n) is 9.55. The van der Waals surface area contributed by atoms with Crippen LogP contribution in [0.5, 0.6) is 5.75 Å². The highest BCUT2D eigenvalue weighted by Gasteiger charge is 2.35. The van der Waals surface area contributed by atoms with Crippen molar-refractivity contribution in [3.05, 3.63) is 112 Å². The smallest absolute Gasteiger partial charge is 0.338 e. The molecule has 3 heterocycles. The Morgan fingerprint density at radius 3 is 2.56 bits per heavy atom. The van der Waals surface area contributed by atoms with Gasteiger partial charge in [-0.1, -0.05) is 61.6 Å². The molecule has 1 atom stereocenters. The van der Waals surface area contributed by atoms with Gasteiger partial charge in [-0.2, -0.15) is 0 Å². The lowest BCUT2D eigenvalue weighted by Gasteiger charge is -2.24. The van der Waals surface area contributed by atoms with Gasteiger partial charge in [0, 0.05) is 10.4 Å². The minimum Gasteiger partial charge on any atom is -0.496 e. The third-order valence-electron chi connectivity index (χ3n) is 6.71. The number of fused-ring (bicyclic) bond motifs is 1. The first-order chi connectivity index (χ1) is 18.8. The number of rotatable bonds is 7. The summed E-state index contributed by atoms with van der Waals surface area (Å²) < 4.78 is 13.3. The third-order valence-corrected chi connectivity index (χ3v) is 8.62. The van der Waals surface area contributed by atoms with Crippen LogP contribution in [0.15, 0.2) is 75.3 Å². The largest absolute Gasteiger partial charge is 0.496 e. The molecule has 0 N–H and O–H groups in total. The van der Waals surface area contributed by atoms with Gasteiger partial charge >= 0.3 is 5.97 Å². The highest BCUT2D eigenvalue weighted by Crippen LogP contribution is 2.37. The summed E-state index contributed by atoms with van der Waals surface area (Å²) >= 11 is 2.83. The highest BCUT2D eigenvalue weighted by atomic mass is 32.1. The van der Waals surface area contributed by atoms with Crippen LogP contribution in [0.1, 0.15) is 59.9 Å². The molecule has 0 saturated carbocycles. The number of carbonyl (C=O) groups is 1. The Kier molecular flexibility index (Phi) is 7.68. The molecule has 0 amide bonds. The van der Waals surface area contributed by atoms with Gasteiger partial charge < -0.3 is 9.47 Å². The summed E-state index contributed by atoms with van der Waals surface area (Å²) in [5.41, 5.74) is 4.55. The molecule has 8 heteroatoms. The van der Waals surface area contributed by atoms with E-state index in [1.54, 1.807) is 18.6 Å². The Balaban J connectivity index is 1.79. The number of nitrogens with zero attached hydrogens (tertiary/aromatic N) is 2. The van der Waals surface area contributed by atoms with Crippen molar-refractivity contribution in [3.63, 3.8) is 0 Å². The van der Waals surface area contributed by atoms with E-state index in [2.05, 4.69) is 19.9 Å². The molecule has 6 nitrogen and oxygen atoms in total. The average molecular weight is 559 g/mol. The number of esters is 1. The molecule has 4 aromatic rings. The van der Waals surface area contributed by atoms with Crippen LogP contribution in [0, 0.1) is 6.92 Å². The van der Waals surface area contributed by atoms with E-state index in [9.17, 15) is 9.59 Å². The first-order valence-electron chi connectivity index (χ1n) is 12.8. The van der Waals surface area contributed by atoms with Gasteiger partial charge in [0.2, 0.25) is 0 Å². The van der Waals surface area contributed by atoms with Gasteiger partial charge in [-0.05, 0) is 66.1 Å². The van der Waals surface area contributed by atoms with Crippen LogP contribution in [0.4, 0.5) is 0 Å². The standard InChI is InChI=1S/C31H30N2O4S2/c1-6-37-30(35)26-27(20-11-8-7-9-12-20)32-31-33(28(26)24-13-10-14-38-24)29(34)25(39-31)17-21-16-22(18(2)3)23(36-5)15-19(21)4/h7-18,28H,6H2,1-5H3/t28-/m1/s1. The lowest BCUT2D eigenvalue weighted by molar-refractivity contribution is -0.138. The summed E-state index contributed by atoms with van der Waals surface area (Å²) in [6, 6.07) is 16.9. The minimum absolute atomic E-state index is 0.188. The maximum absolute atomic E-state index is 14.0. The molecule has 39 heavy (non-hydrogen) atoms. The molecular weight excluding hydrogens is 528 g/mol. The number of hydrogen-bond acceptors (Lipinski definition) is 7. The van der Waals surface area contributed by atoms with E-state index in [1.165, 1.54) is 22.7 Å². The second kappa shape index (κ2) is 11.2. The van der Waals surface area contributed by atoms with E-state index in [4.69, 9.17) is 14.5 Å². The fourth-order valence-corrected chi connectivity index (χ4v) is 6.61. The number of carbonyl (C=O) groups excluding carboxylic acids is 1. The molecule has 0 radical (unpaired) electrons. The van der Waals surface area contributed by atoms with E-state index in [0.717, 1.165) is 32.9 Å². The lowest BCUT2D eigenvalue weighted by Crippen LogP contribution is -2.39. The molecule has 0 bridgehead atoms. The predicted molar refractivity (Wildman–Crippen MR) is 157 cm³/mol. The van der Waals surface area contributed by atoms with Crippen molar-refractivity contribution in [2.75, 3.05) is 13.7 Å². The molecule has 2 aromatic carbocycles. The Morgan fingerprint density at radius 2 is 1.92 bits per heavy atom. The normalized spacial score (nSPS) is 15.3. The molecule has 0 fully saturated rings. The molecular formula is C31H30N2O4S2. The van der Waals surface area contributed by atoms with Crippen molar-refractivity contribution in [2.24, 2.45) is 4.99 Å². The molecule has 1 aliphatic rings. The van der Waals surface area contributed by atoms with Crippen LogP contribution in [-0.4, -0.2) is 24.3 Å². The van der Waals surface area contributed by atoms with Gasteiger partial charge in [0.15, 0.2) is 4.80 Å². The molecule has 0 saturated heterocycles. The molecule has 1 aliphatic heterocycles. The van der Waals surface area contributed by atoms with Crippen molar-refractivity contribution >= 4 is 40.4 Å². The van der Waals surface area contributed by atoms with E-state index < -0.39 is 12.0 Å². The Labute approximate surface area is 235 Å². The summed E-state index contributed by atoms with van der Waals surface area (Å²) in [5, 5.41) is 1.95. The molecule has 0 spiro atoms. The average Bonchev–Trinajstić information content (AvgIpc) is 3.57. The summed E-state index contributed by atoms with van der Waals surface area (Å²) in [7, 11) is 1.68. The zero-order valence-corrected chi connectivity index (χ0v) is 24.2. The number of aryl methyl sites for hydroxylation is 1. The topological polar surface area (TPSA) is 69.9 Å². The van der Waals surface area contributed by atoms with Gasteiger partial charge in [-0.15, -0.1) is 11.3 Å². The first kappa shape index (κ1) is 26.8. The first-order valence-corrected chi connectivity index (χ1v) is 14.5. The Hall–Kier alpha value is -3.75. The van der Waals surface area contributed by atoms with Gasteiger partial charge in [0.25, 0.3) is 5.56 Å². The van der Waals surface area contributed by atoms with E-state index >= 15 is 0 Å². The summed E-state index contributed by atoms with van der Waals surface area (Å²) in [5.74, 6) is 0.624. The summed E-state index contributed by atoms with van der Waals surface area (Å²) in [6.07, 6.45) is 1.92. The molecule has 0 unspecified atom stereocenters. The second-order valence-corrected chi connectivity index (χ2v) is 11.5. The fourth-order valence-electron chi connectivity index (χ4n) is 4.80. The molecule has 0 aliphatic carbocycles. The monoisotopic (exact) mass is 558 g/mol. The third kappa shape index (κ3) is 5.02. The number of methoxy groups -OCH3 is 1. The molecule has 200 valence electrons. The quantitative estimate of drug-likeness (QED) is 0.284. The van der Waals surface area contributed by atoms with E-state index in [1.807, 2.05) is 66.9 Å². The van der Waals surface area contributed by atoms with Crippen LogP contribution in [0.3, 0.4) is 0 Å². The van der Waals surface area contributed by atoms with Gasteiger partial charge in [-0.3, -0.25) is 9.36 Å². The zero-order chi connectivity index (χ0) is 27.7. The lowest BCUT2D eigenvalue weighted by atomic mass is 9.96. The number of benzene rings is 2. The Morgan fingerprint density at radius 1 is 1.15 bits per heavy atom. The number of aromatic nitrogens is 1. The Bertz CT molecular complexity index is 1730. The zero-order valence-electron chi connectivity index (χ0n) is 22.6. The van der Waals surface area contributed by atoms with Crippen molar-refractivity contribution in [1.29, 1.82) is 0 Å². The van der Waals surface area contributed by atoms with Crippen LogP contribution in [0.25, 0.3) is 11.8 Å². The van der Waals surface area contributed by atoms with Crippen LogP contribution in [-0.2, 0) is 9.53 Å². The maximum atomic E-state index is 14.0. The number of ether oxygens (including phenoxy) is 2. The van der Waals surface area contributed by atoms with Crippen LogP contribution >= 0.6 is 22.7 Å². The van der Waals surface area contributed by atoms with Crippen molar-refractivity contribution in [3.8, 4) is 5.75 Å². The highest BCUT2D eigenvalue weighted by molar-refractivity contribution is 7.10. The predicted octanol–water partition coefficient (Wildman–Crippen LogP) is 5.44. The number of thiophene rings is 1. The number of thiazole rings is 1. The maximum Gasteiger partial charge on any atom is 0.338 e. The SMILES string of the molecule is CCOC(=O)C1=C(c2ccccc2)N=c2sc(=Cc3cc(C(C)C)c(OC)cc3C)c(=O)n2[C@@H]1c1cccs1. The van der Waals surface area contributed by atoms with Gasteiger partial charge in [0.05, 0.1) is 29.5 Å². The molecule has 2 aromatic heterocycles. The van der Waals surface area contributed by atoms with Crippen molar-refractivity contribution in [1.82, 2.24) is 4.57 Å². The molecule has 5 rings (SSSR count). The van der Waals surface area contributed by atoms with Gasteiger partial charge in [0.1, 0.15) is 11.8 Å². The van der Waals surface area contributed by atoms with Crippen molar-refractivity contribution in [2.45, 2.75) is 39.7 Å². The summed E-state index contributed by atoms with van der Waals surface area (Å²) in [4.78, 5) is 33.8. The van der Waals surface area contributed by atoms with E-state index in [0.29, 0.717) is 20.6 Å². The van der Waals surface area contributed by atoms with Crippen LogP contribution in [0.2, 0.25) is 0 Å².